The van der Waals surface area contributed by atoms with Crippen molar-refractivity contribution < 1.29 is 14.4 Å². The number of carbonyl (C=O) groups excluding carboxylic acids is 3. The van der Waals surface area contributed by atoms with Gasteiger partial charge in [-0.2, -0.15) is 0 Å². The number of amides is 2. The molecule has 2 amide bonds. The van der Waals surface area contributed by atoms with Crippen LogP contribution in [0.3, 0.4) is 0 Å². The lowest BCUT2D eigenvalue weighted by Gasteiger charge is -2.15. The first-order chi connectivity index (χ1) is 10.1. The number of fused-ring (bicyclic) bond motifs is 1. The Morgan fingerprint density at radius 1 is 1.38 bits per heavy atom. The number of benzene rings is 1. The number of thiazole rings is 1. The van der Waals surface area contributed by atoms with E-state index in [2.05, 4.69) is 26.2 Å². The van der Waals surface area contributed by atoms with Gasteiger partial charge >= 0.3 is 0 Å². The Kier molecular flexibility index (Phi) is 3.56. The van der Waals surface area contributed by atoms with Crippen molar-refractivity contribution in [1.82, 2.24) is 4.98 Å². The number of carbonyl (C=O) groups is 3. The van der Waals surface area contributed by atoms with Crippen molar-refractivity contribution in [2.24, 2.45) is 0 Å². The molecule has 6 nitrogen and oxygen atoms in total. The first kappa shape index (κ1) is 13.9. The van der Waals surface area contributed by atoms with Gasteiger partial charge in [0.05, 0.1) is 11.3 Å². The summed E-state index contributed by atoms with van der Waals surface area (Å²) in [5.74, 6) is -1.70. The van der Waals surface area contributed by atoms with Gasteiger partial charge in [0, 0.05) is 16.0 Å². The molecule has 8 heteroatoms. The van der Waals surface area contributed by atoms with Crippen LogP contribution in [0.15, 0.2) is 34.2 Å². The van der Waals surface area contributed by atoms with Crippen LogP contribution in [0.25, 0.3) is 0 Å². The fraction of sp³-hybridized carbons (Fsp3) is 0.0769. The molecular weight excluding hydrogens is 358 g/mol. The van der Waals surface area contributed by atoms with Crippen molar-refractivity contribution in [3.8, 4) is 0 Å². The zero-order valence-electron chi connectivity index (χ0n) is 10.5. The number of aromatic nitrogens is 1. The van der Waals surface area contributed by atoms with Crippen LogP contribution in [-0.4, -0.2) is 29.1 Å². The molecule has 0 radical (unpaired) electrons. The van der Waals surface area contributed by atoms with E-state index in [1.54, 1.807) is 29.8 Å². The number of hydrogen-bond donors (Lipinski definition) is 1. The molecule has 0 saturated carbocycles. The molecule has 1 aromatic carbocycles. The highest BCUT2D eigenvalue weighted by molar-refractivity contribution is 9.10. The number of nitrogens with one attached hydrogen (secondary N) is 1. The number of hydrogen-bond acceptors (Lipinski definition) is 5. The van der Waals surface area contributed by atoms with Gasteiger partial charge in [-0.25, -0.2) is 4.98 Å². The SMILES string of the molecule is O=C(CN1C(=O)C(=O)c2cc(Br)ccc21)Nc1nccs1. The second-order valence-electron chi connectivity index (χ2n) is 4.27. The van der Waals surface area contributed by atoms with Crippen LogP contribution >= 0.6 is 27.3 Å². The van der Waals surface area contributed by atoms with Crippen LogP contribution < -0.4 is 10.2 Å². The quantitative estimate of drug-likeness (QED) is 0.844. The summed E-state index contributed by atoms with van der Waals surface area (Å²) in [5.41, 5.74) is 0.749. The highest BCUT2D eigenvalue weighted by Crippen LogP contribution is 2.31. The normalized spacial score (nSPS) is 13.5. The first-order valence-corrected chi connectivity index (χ1v) is 7.58. The predicted molar refractivity (Wildman–Crippen MR) is 81.6 cm³/mol. The topological polar surface area (TPSA) is 79.4 Å². The minimum absolute atomic E-state index is 0.223. The molecule has 0 unspecified atom stereocenters. The Morgan fingerprint density at radius 3 is 2.90 bits per heavy atom. The second kappa shape index (κ2) is 5.38. The smallest absolute Gasteiger partial charge is 0.299 e. The third kappa shape index (κ3) is 2.59. The highest BCUT2D eigenvalue weighted by Gasteiger charge is 2.36. The van der Waals surface area contributed by atoms with E-state index in [0.717, 1.165) is 0 Å². The zero-order valence-corrected chi connectivity index (χ0v) is 12.9. The van der Waals surface area contributed by atoms with Crippen molar-refractivity contribution >= 4 is 55.7 Å². The fourth-order valence-electron chi connectivity index (χ4n) is 2.02. The molecule has 106 valence electrons. The number of rotatable bonds is 3. The summed E-state index contributed by atoms with van der Waals surface area (Å²) in [6.07, 6.45) is 1.57. The van der Waals surface area contributed by atoms with Gasteiger partial charge < -0.3 is 5.32 Å². The van der Waals surface area contributed by atoms with E-state index in [4.69, 9.17) is 0 Å². The summed E-state index contributed by atoms with van der Waals surface area (Å²) in [5, 5.41) is 4.76. The molecule has 21 heavy (non-hydrogen) atoms. The molecule has 0 spiro atoms. The van der Waals surface area contributed by atoms with Crippen LogP contribution in [0.5, 0.6) is 0 Å². The van der Waals surface area contributed by atoms with Gasteiger partial charge in [-0.05, 0) is 18.2 Å². The minimum Gasteiger partial charge on any atom is -0.300 e. The van der Waals surface area contributed by atoms with E-state index in [1.165, 1.54) is 16.2 Å². The van der Waals surface area contributed by atoms with Crippen LogP contribution in [0, 0.1) is 0 Å². The third-order valence-electron chi connectivity index (χ3n) is 2.91. The Balaban J connectivity index is 1.82. The molecule has 1 aliphatic rings. The van der Waals surface area contributed by atoms with Gasteiger partial charge in [0.1, 0.15) is 6.54 Å². The largest absolute Gasteiger partial charge is 0.300 e. The molecule has 0 saturated heterocycles. The van der Waals surface area contributed by atoms with Crippen LogP contribution in [0.2, 0.25) is 0 Å². The maximum Gasteiger partial charge on any atom is 0.299 e. The molecule has 0 bridgehead atoms. The molecule has 0 fully saturated rings. The predicted octanol–water partition coefficient (Wildman–Crippen LogP) is 2.07. The van der Waals surface area contributed by atoms with Gasteiger partial charge in [-0.15, -0.1) is 11.3 Å². The summed E-state index contributed by atoms with van der Waals surface area (Å²) in [6.45, 7) is -0.223. The lowest BCUT2D eigenvalue weighted by atomic mass is 10.1. The van der Waals surface area contributed by atoms with E-state index in [1.807, 2.05) is 0 Å². The van der Waals surface area contributed by atoms with Crippen molar-refractivity contribution in [1.29, 1.82) is 0 Å². The molecule has 1 aliphatic heterocycles. The van der Waals surface area contributed by atoms with Crippen LogP contribution in [-0.2, 0) is 9.59 Å². The number of anilines is 2. The van der Waals surface area contributed by atoms with E-state index < -0.39 is 17.6 Å². The number of Topliss-reactive ketones (excluding diaryl/α,β-unsaturated/α-hetero) is 1. The van der Waals surface area contributed by atoms with Gasteiger partial charge in [0.15, 0.2) is 5.13 Å². The highest BCUT2D eigenvalue weighted by atomic mass is 79.9. The Hall–Kier alpha value is -2.06. The second-order valence-corrected chi connectivity index (χ2v) is 6.08. The van der Waals surface area contributed by atoms with Gasteiger partial charge in [0.2, 0.25) is 5.91 Å². The molecule has 0 aliphatic carbocycles. The first-order valence-electron chi connectivity index (χ1n) is 5.91. The summed E-state index contributed by atoms with van der Waals surface area (Å²) in [7, 11) is 0. The van der Waals surface area contributed by atoms with E-state index >= 15 is 0 Å². The molecular formula is C13H8BrN3O3S. The Labute approximate surface area is 131 Å². The summed E-state index contributed by atoms with van der Waals surface area (Å²) in [4.78, 5) is 40.9. The standard InChI is InChI=1S/C13H8BrN3O3S/c14-7-1-2-9-8(5-7)11(19)12(20)17(9)6-10(18)16-13-15-3-4-21-13/h1-5H,6H2,(H,15,16,18). The lowest BCUT2D eigenvalue weighted by molar-refractivity contribution is -0.118. The van der Waals surface area contributed by atoms with Crippen molar-refractivity contribution in [3.63, 3.8) is 0 Å². The number of halogens is 1. The van der Waals surface area contributed by atoms with E-state index in [9.17, 15) is 14.4 Å². The average Bonchev–Trinajstić information content (AvgIpc) is 3.02. The average molecular weight is 366 g/mol. The summed E-state index contributed by atoms with van der Waals surface area (Å²) >= 11 is 4.53. The fourth-order valence-corrected chi connectivity index (χ4v) is 2.92. The third-order valence-corrected chi connectivity index (χ3v) is 4.10. The van der Waals surface area contributed by atoms with Gasteiger partial charge in [0.25, 0.3) is 11.7 Å². The molecule has 1 aromatic heterocycles. The van der Waals surface area contributed by atoms with Gasteiger partial charge in [-0.1, -0.05) is 15.9 Å². The van der Waals surface area contributed by atoms with E-state index in [-0.39, 0.29) is 6.54 Å². The van der Waals surface area contributed by atoms with Gasteiger partial charge in [-0.3, -0.25) is 19.3 Å². The summed E-state index contributed by atoms with van der Waals surface area (Å²) < 4.78 is 0.705. The molecule has 1 N–H and O–H groups in total. The van der Waals surface area contributed by atoms with Crippen LogP contribution in [0.1, 0.15) is 10.4 Å². The molecule has 3 rings (SSSR count). The minimum atomic E-state index is -0.697. The van der Waals surface area contributed by atoms with Crippen molar-refractivity contribution in [3.05, 3.63) is 39.8 Å². The van der Waals surface area contributed by atoms with Crippen molar-refractivity contribution in [2.75, 3.05) is 16.8 Å². The molecule has 0 atom stereocenters. The van der Waals surface area contributed by atoms with E-state index in [0.29, 0.717) is 20.9 Å². The Morgan fingerprint density at radius 2 is 2.19 bits per heavy atom. The molecule has 2 heterocycles. The maximum absolute atomic E-state index is 12.0. The number of ketones is 1. The van der Waals surface area contributed by atoms with Crippen molar-refractivity contribution in [2.45, 2.75) is 0 Å². The zero-order chi connectivity index (χ0) is 15.0. The molecule has 2 aromatic rings. The monoisotopic (exact) mass is 365 g/mol. The lowest BCUT2D eigenvalue weighted by Crippen LogP contribution is -2.37. The maximum atomic E-state index is 12.0. The number of nitrogens with zero attached hydrogens (tertiary/aromatic N) is 2. The summed E-state index contributed by atoms with van der Waals surface area (Å²) in [6, 6.07) is 4.93. The van der Waals surface area contributed by atoms with Crippen LogP contribution in [0.4, 0.5) is 10.8 Å². The Bertz CT molecular complexity index is 745.